The summed E-state index contributed by atoms with van der Waals surface area (Å²) >= 11 is 0. The molecular formula is C23H28N2O5S. The Kier molecular flexibility index (Phi) is 7.35. The molecule has 0 unspecified atom stereocenters. The van der Waals surface area contributed by atoms with E-state index in [9.17, 15) is 13.2 Å². The third-order valence-electron chi connectivity index (χ3n) is 4.62. The van der Waals surface area contributed by atoms with Gasteiger partial charge < -0.3 is 14.8 Å². The van der Waals surface area contributed by atoms with Crippen LogP contribution >= 0.6 is 0 Å². The molecule has 0 atom stereocenters. The molecular weight excluding hydrogens is 416 g/mol. The second-order valence-electron chi connectivity index (χ2n) is 7.55. The van der Waals surface area contributed by atoms with E-state index >= 15 is 0 Å². The van der Waals surface area contributed by atoms with E-state index in [0.717, 1.165) is 11.1 Å². The lowest BCUT2D eigenvalue weighted by atomic mass is 10.1. The van der Waals surface area contributed by atoms with Crippen LogP contribution in [0.25, 0.3) is 6.08 Å². The number of ether oxygens (including phenoxy) is 2. The maximum absolute atomic E-state index is 12.7. The molecule has 1 aliphatic heterocycles. The number of hydrogen-bond donors (Lipinski definition) is 2. The molecule has 7 nitrogen and oxygen atoms in total. The van der Waals surface area contributed by atoms with Crippen molar-refractivity contribution >= 4 is 22.0 Å². The van der Waals surface area contributed by atoms with Crippen molar-refractivity contribution in [1.29, 1.82) is 0 Å². The molecule has 3 rings (SSSR count). The first-order chi connectivity index (χ1) is 14.8. The van der Waals surface area contributed by atoms with Crippen molar-refractivity contribution < 1.29 is 22.7 Å². The van der Waals surface area contributed by atoms with E-state index in [4.69, 9.17) is 9.47 Å². The molecule has 0 spiro atoms. The monoisotopic (exact) mass is 444 g/mol. The molecule has 2 aromatic carbocycles. The summed E-state index contributed by atoms with van der Waals surface area (Å²) in [4.78, 5) is 12.7. The molecule has 2 N–H and O–H groups in total. The molecule has 2 aromatic rings. The Morgan fingerprint density at radius 1 is 1.13 bits per heavy atom. The van der Waals surface area contributed by atoms with Gasteiger partial charge in [0.25, 0.3) is 5.91 Å². The second-order valence-corrected chi connectivity index (χ2v) is 9.30. The van der Waals surface area contributed by atoms with Crippen LogP contribution in [-0.2, 0) is 27.1 Å². The van der Waals surface area contributed by atoms with Crippen LogP contribution in [-0.4, -0.2) is 33.6 Å². The Bertz CT molecular complexity index is 1080. The largest absolute Gasteiger partial charge is 0.490 e. The highest BCUT2D eigenvalue weighted by Gasteiger charge is 2.21. The summed E-state index contributed by atoms with van der Waals surface area (Å²) in [5.74, 6) is 0.886. The zero-order valence-corrected chi connectivity index (χ0v) is 18.8. The number of rotatable bonds is 9. The number of benzene rings is 2. The van der Waals surface area contributed by atoms with Gasteiger partial charge in [-0.1, -0.05) is 36.4 Å². The average Bonchev–Trinajstić information content (AvgIpc) is 2.71. The van der Waals surface area contributed by atoms with E-state index in [2.05, 4.69) is 10.0 Å². The number of carbonyl (C=O) groups is 1. The van der Waals surface area contributed by atoms with Crippen LogP contribution in [0.5, 0.6) is 11.5 Å². The van der Waals surface area contributed by atoms with Crippen molar-refractivity contribution in [3.63, 3.8) is 0 Å². The fourth-order valence-corrected chi connectivity index (χ4v) is 4.84. The van der Waals surface area contributed by atoms with Gasteiger partial charge in [0, 0.05) is 18.2 Å². The number of para-hydroxylation sites is 1. The second kappa shape index (κ2) is 9.98. The highest BCUT2D eigenvalue weighted by Crippen LogP contribution is 2.35. The maximum atomic E-state index is 12.7. The van der Waals surface area contributed by atoms with E-state index in [1.165, 1.54) is 0 Å². The molecule has 0 bridgehead atoms. The zero-order chi connectivity index (χ0) is 22.4. The van der Waals surface area contributed by atoms with Crippen LogP contribution in [0.2, 0.25) is 0 Å². The lowest BCUT2D eigenvalue weighted by Gasteiger charge is -2.20. The van der Waals surface area contributed by atoms with E-state index in [1.807, 2.05) is 37.3 Å². The normalized spacial score (nSPS) is 13.2. The van der Waals surface area contributed by atoms with Crippen molar-refractivity contribution in [3.05, 3.63) is 64.7 Å². The van der Waals surface area contributed by atoms with Gasteiger partial charge in [0.2, 0.25) is 10.0 Å². The zero-order valence-electron chi connectivity index (χ0n) is 18.0. The number of carbonyl (C=O) groups excluding carboxylic acids is 1. The molecule has 0 fully saturated rings. The lowest BCUT2D eigenvalue weighted by molar-refractivity contribution is -0.117. The molecule has 0 aromatic heterocycles. The van der Waals surface area contributed by atoms with E-state index in [0.29, 0.717) is 29.2 Å². The van der Waals surface area contributed by atoms with Crippen LogP contribution in [0.15, 0.2) is 48.0 Å². The number of hydrogen-bond acceptors (Lipinski definition) is 5. The van der Waals surface area contributed by atoms with Gasteiger partial charge in [0.05, 0.1) is 17.9 Å². The van der Waals surface area contributed by atoms with Crippen molar-refractivity contribution in [2.45, 2.75) is 39.1 Å². The third kappa shape index (κ3) is 6.08. The van der Waals surface area contributed by atoms with Crippen molar-refractivity contribution in [2.24, 2.45) is 0 Å². The van der Waals surface area contributed by atoms with Crippen LogP contribution in [0.3, 0.4) is 0 Å². The standard InChI is InChI=1S/C23H28N2O5S/c1-4-29-21-11-7-10-17-12-20(14-30-22(17)21)23(26)24-13-18-8-5-6-9-19(18)15-31(27,28)25-16(2)3/h5-12,16,25H,4,13-15H2,1-3H3,(H,24,26). The van der Waals surface area contributed by atoms with E-state index < -0.39 is 10.0 Å². The molecule has 0 saturated heterocycles. The number of sulfonamides is 1. The van der Waals surface area contributed by atoms with Crippen molar-refractivity contribution in [2.75, 3.05) is 13.2 Å². The van der Waals surface area contributed by atoms with Gasteiger partial charge in [-0.05, 0) is 44.0 Å². The molecule has 1 amide bonds. The lowest BCUT2D eigenvalue weighted by Crippen LogP contribution is -2.32. The molecule has 0 aliphatic carbocycles. The molecule has 1 heterocycles. The SMILES string of the molecule is CCOc1cccc2c1OCC(C(=O)NCc1ccccc1CS(=O)(=O)NC(C)C)=C2. The fraction of sp³-hybridized carbons (Fsp3) is 0.348. The van der Waals surface area contributed by atoms with E-state index in [1.54, 1.807) is 32.1 Å². The minimum absolute atomic E-state index is 0.136. The molecule has 166 valence electrons. The third-order valence-corrected chi connectivity index (χ3v) is 6.14. The number of amides is 1. The quantitative estimate of drug-likeness (QED) is 0.620. The summed E-state index contributed by atoms with van der Waals surface area (Å²) in [6, 6.07) is 12.6. The average molecular weight is 445 g/mol. The Morgan fingerprint density at radius 3 is 2.58 bits per heavy atom. The molecule has 0 radical (unpaired) electrons. The van der Waals surface area contributed by atoms with Gasteiger partial charge in [-0.2, -0.15) is 0 Å². The predicted octanol–water partition coefficient (Wildman–Crippen LogP) is 3.01. The first-order valence-corrected chi connectivity index (χ1v) is 11.9. The molecule has 8 heteroatoms. The number of nitrogens with one attached hydrogen (secondary N) is 2. The van der Waals surface area contributed by atoms with Gasteiger partial charge >= 0.3 is 0 Å². The molecule has 31 heavy (non-hydrogen) atoms. The van der Waals surface area contributed by atoms with Crippen LogP contribution in [0, 0.1) is 0 Å². The predicted molar refractivity (Wildman–Crippen MR) is 120 cm³/mol. The Labute approximate surface area is 183 Å². The Hall–Kier alpha value is -2.84. The van der Waals surface area contributed by atoms with Crippen molar-refractivity contribution in [1.82, 2.24) is 10.0 Å². The van der Waals surface area contributed by atoms with Crippen LogP contribution in [0.4, 0.5) is 0 Å². The summed E-state index contributed by atoms with van der Waals surface area (Å²) in [5.41, 5.74) is 2.68. The first-order valence-electron chi connectivity index (χ1n) is 10.2. The highest BCUT2D eigenvalue weighted by atomic mass is 32.2. The summed E-state index contributed by atoms with van der Waals surface area (Å²) in [5, 5.41) is 2.87. The molecule has 1 aliphatic rings. The minimum Gasteiger partial charge on any atom is -0.490 e. The van der Waals surface area contributed by atoms with Crippen molar-refractivity contribution in [3.8, 4) is 11.5 Å². The van der Waals surface area contributed by atoms with Crippen LogP contribution < -0.4 is 19.5 Å². The fourth-order valence-electron chi connectivity index (χ4n) is 3.35. The molecule has 0 saturated carbocycles. The highest BCUT2D eigenvalue weighted by molar-refractivity contribution is 7.88. The number of fused-ring (bicyclic) bond motifs is 1. The smallest absolute Gasteiger partial charge is 0.250 e. The Morgan fingerprint density at radius 2 is 1.87 bits per heavy atom. The van der Waals surface area contributed by atoms with Crippen LogP contribution in [0.1, 0.15) is 37.5 Å². The van der Waals surface area contributed by atoms with Gasteiger partial charge in [0.1, 0.15) is 6.61 Å². The topological polar surface area (TPSA) is 93.7 Å². The van der Waals surface area contributed by atoms with Gasteiger partial charge in [-0.3, -0.25) is 4.79 Å². The minimum atomic E-state index is -3.46. The van der Waals surface area contributed by atoms with Gasteiger partial charge in [-0.15, -0.1) is 0 Å². The van der Waals surface area contributed by atoms with Gasteiger partial charge in [0.15, 0.2) is 11.5 Å². The Balaban J connectivity index is 1.70. The summed E-state index contributed by atoms with van der Waals surface area (Å²) in [6.45, 7) is 6.34. The summed E-state index contributed by atoms with van der Waals surface area (Å²) < 4.78 is 38.5. The first kappa shape index (κ1) is 22.8. The summed E-state index contributed by atoms with van der Waals surface area (Å²) in [6.07, 6.45) is 1.79. The maximum Gasteiger partial charge on any atom is 0.250 e. The van der Waals surface area contributed by atoms with E-state index in [-0.39, 0.29) is 30.9 Å². The summed E-state index contributed by atoms with van der Waals surface area (Å²) in [7, 11) is -3.46. The van der Waals surface area contributed by atoms with Gasteiger partial charge in [-0.25, -0.2) is 13.1 Å².